The van der Waals surface area contributed by atoms with Crippen LogP contribution in [0.25, 0.3) is 0 Å². The van der Waals surface area contributed by atoms with Gasteiger partial charge in [0.2, 0.25) is 11.8 Å². The van der Waals surface area contributed by atoms with Crippen LogP contribution in [0.15, 0.2) is 54.6 Å². The predicted molar refractivity (Wildman–Crippen MR) is 102 cm³/mol. The fraction of sp³-hybridized carbons (Fsp3) is 0.364. The Labute approximate surface area is 159 Å². The molecule has 1 heterocycles. The van der Waals surface area contributed by atoms with Crippen molar-refractivity contribution in [3.05, 3.63) is 71.5 Å². The van der Waals surface area contributed by atoms with Crippen molar-refractivity contribution in [2.45, 2.75) is 32.7 Å². The minimum absolute atomic E-state index is 0.0463. The summed E-state index contributed by atoms with van der Waals surface area (Å²) in [6, 6.07) is 15.8. The van der Waals surface area contributed by atoms with E-state index in [0.29, 0.717) is 19.5 Å². The molecule has 1 fully saturated rings. The van der Waals surface area contributed by atoms with E-state index in [-0.39, 0.29) is 24.2 Å². The van der Waals surface area contributed by atoms with E-state index in [4.69, 9.17) is 0 Å². The Hall–Kier alpha value is -2.69. The van der Waals surface area contributed by atoms with Crippen LogP contribution in [-0.2, 0) is 22.6 Å². The molecule has 0 bridgehead atoms. The maximum Gasteiger partial charge on any atom is 0.227 e. The summed E-state index contributed by atoms with van der Waals surface area (Å²) in [5.41, 5.74) is 1.07. The second kappa shape index (κ2) is 8.33. The molecule has 1 aliphatic heterocycles. The molecule has 0 saturated carbocycles. The Morgan fingerprint density at radius 3 is 2.59 bits per heavy atom. The highest BCUT2D eigenvalue weighted by molar-refractivity contribution is 5.84. The Balaban J connectivity index is 1.59. The number of amides is 2. The lowest BCUT2D eigenvalue weighted by Crippen LogP contribution is -2.52. The predicted octanol–water partition coefficient (Wildman–Crippen LogP) is 3.31. The molecular formula is C22H25FN2O2. The van der Waals surface area contributed by atoms with Gasteiger partial charge < -0.3 is 10.2 Å². The Morgan fingerprint density at radius 2 is 1.85 bits per heavy atom. The van der Waals surface area contributed by atoms with Crippen LogP contribution in [0.4, 0.5) is 4.39 Å². The molecule has 0 radical (unpaired) electrons. The summed E-state index contributed by atoms with van der Waals surface area (Å²) >= 11 is 0. The SMILES string of the molecule is C[C@@]1(C(=O)NCc2cccc(F)c2)CCCN(C(=O)Cc2ccccc2)C1. The summed E-state index contributed by atoms with van der Waals surface area (Å²) in [6.45, 7) is 3.27. The third-order valence-electron chi connectivity index (χ3n) is 5.14. The van der Waals surface area contributed by atoms with E-state index in [1.807, 2.05) is 37.3 Å². The molecule has 1 N–H and O–H groups in total. The van der Waals surface area contributed by atoms with E-state index in [0.717, 1.165) is 24.0 Å². The lowest BCUT2D eigenvalue weighted by molar-refractivity contribution is -0.140. The van der Waals surface area contributed by atoms with Crippen LogP contribution < -0.4 is 5.32 Å². The average molecular weight is 368 g/mol. The molecule has 2 amide bonds. The van der Waals surface area contributed by atoms with Gasteiger partial charge in [-0.05, 0) is 43.0 Å². The van der Waals surface area contributed by atoms with Gasteiger partial charge in [-0.3, -0.25) is 9.59 Å². The number of halogens is 1. The van der Waals surface area contributed by atoms with Crippen LogP contribution in [0.1, 0.15) is 30.9 Å². The number of nitrogens with zero attached hydrogens (tertiary/aromatic N) is 1. The molecule has 0 spiro atoms. The minimum atomic E-state index is -0.627. The first-order valence-electron chi connectivity index (χ1n) is 9.31. The molecule has 27 heavy (non-hydrogen) atoms. The van der Waals surface area contributed by atoms with Crippen LogP contribution in [0, 0.1) is 11.2 Å². The average Bonchev–Trinajstić information content (AvgIpc) is 2.67. The van der Waals surface area contributed by atoms with Gasteiger partial charge in [-0.25, -0.2) is 4.39 Å². The van der Waals surface area contributed by atoms with Crippen molar-refractivity contribution in [1.29, 1.82) is 0 Å². The molecular weight excluding hydrogens is 343 g/mol. The van der Waals surface area contributed by atoms with Gasteiger partial charge in [-0.2, -0.15) is 0 Å². The molecule has 5 heteroatoms. The van der Waals surface area contributed by atoms with E-state index >= 15 is 0 Å². The third-order valence-corrected chi connectivity index (χ3v) is 5.14. The molecule has 1 aliphatic rings. The zero-order valence-corrected chi connectivity index (χ0v) is 15.6. The van der Waals surface area contributed by atoms with Gasteiger partial charge in [-0.1, -0.05) is 42.5 Å². The van der Waals surface area contributed by atoms with E-state index in [1.54, 1.807) is 17.0 Å². The normalized spacial score (nSPS) is 19.6. The van der Waals surface area contributed by atoms with E-state index in [1.165, 1.54) is 12.1 Å². The minimum Gasteiger partial charge on any atom is -0.351 e. The fourth-order valence-electron chi connectivity index (χ4n) is 3.56. The number of carbonyl (C=O) groups excluding carboxylic acids is 2. The Kier molecular flexibility index (Phi) is 5.89. The number of nitrogens with one attached hydrogen (secondary N) is 1. The van der Waals surface area contributed by atoms with Crippen molar-refractivity contribution in [1.82, 2.24) is 10.2 Å². The maximum atomic E-state index is 13.3. The molecule has 2 aromatic rings. The van der Waals surface area contributed by atoms with Crippen LogP contribution in [-0.4, -0.2) is 29.8 Å². The highest BCUT2D eigenvalue weighted by Gasteiger charge is 2.39. The second-order valence-corrected chi connectivity index (χ2v) is 7.45. The van der Waals surface area contributed by atoms with Crippen molar-refractivity contribution in [2.24, 2.45) is 5.41 Å². The monoisotopic (exact) mass is 368 g/mol. The number of piperidine rings is 1. The highest BCUT2D eigenvalue weighted by Crippen LogP contribution is 2.30. The number of carbonyl (C=O) groups is 2. The maximum absolute atomic E-state index is 13.3. The van der Waals surface area contributed by atoms with Gasteiger partial charge in [0.25, 0.3) is 0 Å². The summed E-state index contributed by atoms with van der Waals surface area (Å²) in [7, 11) is 0. The number of hydrogen-bond acceptors (Lipinski definition) is 2. The third kappa shape index (κ3) is 4.94. The summed E-state index contributed by atoms with van der Waals surface area (Å²) in [4.78, 5) is 27.2. The van der Waals surface area contributed by atoms with Crippen LogP contribution >= 0.6 is 0 Å². The summed E-state index contributed by atoms with van der Waals surface area (Å²) in [6.07, 6.45) is 1.88. The fourth-order valence-corrected chi connectivity index (χ4v) is 3.56. The zero-order chi connectivity index (χ0) is 19.3. The van der Waals surface area contributed by atoms with Crippen molar-refractivity contribution in [2.75, 3.05) is 13.1 Å². The van der Waals surface area contributed by atoms with Gasteiger partial charge >= 0.3 is 0 Å². The van der Waals surface area contributed by atoms with Crippen molar-refractivity contribution in [3.63, 3.8) is 0 Å². The topological polar surface area (TPSA) is 49.4 Å². The number of benzene rings is 2. The van der Waals surface area contributed by atoms with Gasteiger partial charge in [0.15, 0.2) is 0 Å². The molecule has 3 rings (SSSR count). The van der Waals surface area contributed by atoms with Crippen LogP contribution in [0.2, 0.25) is 0 Å². The zero-order valence-electron chi connectivity index (χ0n) is 15.6. The van der Waals surface area contributed by atoms with E-state index in [9.17, 15) is 14.0 Å². The number of likely N-dealkylation sites (tertiary alicyclic amines) is 1. The lowest BCUT2D eigenvalue weighted by atomic mass is 9.80. The Morgan fingerprint density at radius 1 is 1.11 bits per heavy atom. The lowest BCUT2D eigenvalue weighted by Gasteiger charge is -2.39. The molecule has 2 aromatic carbocycles. The smallest absolute Gasteiger partial charge is 0.227 e. The molecule has 142 valence electrons. The molecule has 4 nitrogen and oxygen atoms in total. The van der Waals surface area contributed by atoms with Gasteiger partial charge in [-0.15, -0.1) is 0 Å². The molecule has 0 aliphatic carbocycles. The van der Waals surface area contributed by atoms with E-state index < -0.39 is 5.41 Å². The first-order chi connectivity index (χ1) is 13.0. The van der Waals surface area contributed by atoms with Crippen LogP contribution in [0.3, 0.4) is 0 Å². The molecule has 0 unspecified atom stereocenters. The first-order valence-corrected chi connectivity index (χ1v) is 9.31. The van der Waals surface area contributed by atoms with Crippen LogP contribution in [0.5, 0.6) is 0 Å². The molecule has 0 aromatic heterocycles. The second-order valence-electron chi connectivity index (χ2n) is 7.45. The Bertz CT molecular complexity index is 809. The van der Waals surface area contributed by atoms with E-state index in [2.05, 4.69) is 5.32 Å². The van der Waals surface area contributed by atoms with Crippen molar-refractivity contribution in [3.8, 4) is 0 Å². The largest absolute Gasteiger partial charge is 0.351 e. The number of rotatable bonds is 5. The summed E-state index contributed by atoms with van der Waals surface area (Å²) in [5, 5.41) is 2.90. The standard InChI is InChI=1S/C22H25FN2O2/c1-22(21(27)24-15-18-9-5-10-19(23)13-18)11-6-12-25(16-22)20(26)14-17-7-3-2-4-8-17/h2-5,7-10,13H,6,11-12,14-16H2,1H3,(H,24,27)/t22-/m1/s1. The van der Waals surface area contributed by atoms with Gasteiger partial charge in [0, 0.05) is 19.6 Å². The first kappa shape index (κ1) is 19.1. The molecule has 1 saturated heterocycles. The number of hydrogen-bond donors (Lipinski definition) is 1. The molecule has 1 atom stereocenters. The van der Waals surface area contributed by atoms with Gasteiger partial charge in [0.1, 0.15) is 5.82 Å². The van der Waals surface area contributed by atoms with Crippen molar-refractivity contribution >= 4 is 11.8 Å². The quantitative estimate of drug-likeness (QED) is 0.880. The van der Waals surface area contributed by atoms with Crippen molar-refractivity contribution < 1.29 is 14.0 Å². The van der Waals surface area contributed by atoms with Gasteiger partial charge in [0.05, 0.1) is 11.8 Å². The highest BCUT2D eigenvalue weighted by atomic mass is 19.1. The summed E-state index contributed by atoms with van der Waals surface area (Å²) < 4.78 is 13.3. The summed E-state index contributed by atoms with van der Waals surface area (Å²) in [5.74, 6) is -0.364.